The molecule has 0 fully saturated rings. The Labute approximate surface area is 145 Å². The molecule has 2 aromatic heterocycles. The van der Waals surface area contributed by atoms with Crippen molar-refractivity contribution in [2.45, 2.75) is 13.0 Å². The van der Waals surface area contributed by atoms with Crippen LogP contribution in [0.3, 0.4) is 0 Å². The number of benzene rings is 1. The van der Waals surface area contributed by atoms with Crippen molar-refractivity contribution in [1.29, 1.82) is 0 Å². The minimum Gasteiger partial charge on any atom is -0.308 e. The van der Waals surface area contributed by atoms with Crippen LogP contribution in [0.1, 0.15) is 11.1 Å². The van der Waals surface area contributed by atoms with Gasteiger partial charge < -0.3 is 5.32 Å². The second-order valence-electron chi connectivity index (χ2n) is 5.09. The van der Waals surface area contributed by atoms with E-state index in [4.69, 9.17) is 0 Å². The highest BCUT2D eigenvalue weighted by atomic mass is 79.9. The summed E-state index contributed by atoms with van der Waals surface area (Å²) in [7, 11) is 0. The molecule has 8 heteroatoms. The van der Waals surface area contributed by atoms with Crippen molar-refractivity contribution in [1.82, 2.24) is 19.7 Å². The van der Waals surface area contributed by atoms with Gasteiger partial charge in [-0.2, -0.15) is 5.10 Å². The van der Waals surface area contributed by atoms with Gasteiger partial charge in [-0.3, -0.25) is 9.48 Å². The maximum Gasteiger partial charge on any atom is 0.230 e. The number of aromatic nitrogens is 4. The molecular formula is C16H13BrFN5O. The smallest absolute Gasteiger partial charge is 0.230 e. The van der Waals surface area contributed by atoms with Gasteiger partial charge in [0.25, 0.3) is 0 Å². The molecule has 0 radical (unpaired) electrons. The topological polar surface area (TPSA) is 72.7 Å². The highest BCUT2D eigenvalue weighted by molar-refractivity contribution is 9.10. The largest absolute Gasteiger partial charge is 0.308 e. The van der Waals surface area contributed by atoms with Crippen molar-refractivity contribution in [3.05, 3.63) is 70.6 Å². The monoisotopic (exact) mass is 389 g/mol. The van der Waals surface area contributed by atoms with Crippen LogP contribution in [-0.2, 0) is 17.8 Å². The minimum absolute atomic E-state index is 0.146. The second kappa shape index (κ2) is 7.31. The summed E-state index contributed by atoms with van der Waals surface area (Å²) in [4.78, 5) is 19.8. The number of anilines is 1. The number of hydrogen-bond donors (Lipinski definition) is 1. The van der Waals surface area contributed by atoms with E-state index in [1.54, 1.807) is 41.5 Å². The maximum atomic E-state index is 13.7. The molecule has 3 aromatic rings. The fraction of sp³-hybridized carbons (Fsp3) is 0.125. The van der Waals surface area contributed by atoms with Gasteiger partial charge in [0, 0.05) is 24.2 Å². The Kier molecular flexibility index (Phi) is 4.95. The third-order valence-corrected chi connectivity index (χ3v) is 3.82. The predicted octanol–water partition coefficient (Wildman–Crippen LogP) is 2.80. The van der Waals surface area contributed by atoms with E-state index >= 15 is 0 Å². The Hall–Kier alpha value is -2.61. The Balaban J connectivity index is 1.68. The lowest BCUT2D eigenvalue weighted by molar-refractivity contribution is -0.115. The number of nitrogens with zero attached hydrogens (tertiary/aromatic N) is 4. The number of carbonyl (C=O) groups is 1. The number of halogens is 2. The SMILES string of the molecule is O=C(Cc1cncnc1)Nc1nn(Cc2ccccc2F)cc1Br. The molecule has 0 bridgehead atoms. The van der Waals surface area contributed by atoms with Gasteiger partial charge in [-0.1, -0.05) is 18.2 Å². The zero-order valence-electron chi connectivity index (χ0n) is 12.5. The molecule has 2 heterocycles. The molecule has 0 aliphatic carbocycles. The Morgan fingerprint density at radius 1 is 1.25 bits per heavy atom. The van der Waals surface area contributed by atoms with Crippen LogP contribution in [0.4, 0.5) is 10.2 Å². The van der Waals surface area contributed by atoms with Gasteiger partial charge in [0.15, 0.2) is 5.82 Å². The molecule has 1 amide bonds. The molecule has 0 spiro atoms. The van der Waals surface area contributed by atoms with Gasteiger partial charge in [-0.15, -0.1) is 0 Å². The van der Waals surface area contributed by atoms with E-state index in [-0.39, 0.29) is 24.7 Å². The molecule has 3 rings (SSSR count). The quantitative estimate of drug-likeness (QED) is 0.727. The van der Waals surface area contributed by atoms with Crippen LogP contribution in [0.5, 0.6) is 0 Å². The van der Waals surface area contributed by atoms with Crippen LogP contribution < -0.4 is 5.32 Å². The number of hydrogen-bond acceptors (Lipinski definition) is 4. The third kappa shape index (κ3) is 4.02. The minimum atomic E-state index is -0.293. The average Bonchev–Trinajstić information content (AvgIpc) is 2.90. The van der Waals surface area contributed by atoms with Gasteiger partial charge >= 0.3 is 0 Å². The lowest BCUT2D eigenvalue weighted by atomic mass is 10.2. The molecule has 0 saturated heterocycles. The summed E-state index contributed by atoms with van der Waals surface area (Å²) in [5.74, 6) is -0.145. The van der Waals surface area contributed by atoms with E-state index in [2.05, 4.69) is 36.3 Å². The summed E-state index contributed by atoms with van der Waals surface area (Å²) in [6.07, 6.45) is 6.40. The van der Waals surface area contributed by atoms with Crippen molar-refractivity contribution < 1.29 is 9.18 Å². The Morgan fingerprint density at radius 2 is 2.00 bits per heavy atom. The molecule has 0 unspecified atom stereocenters. The van der Waals surface area contributed by atoms with E-state index in [9.17, 15) is 9.18 Å². The van der Waals surface area contributed by atoms with Crippen LogP contribution in [0, 0.1) is 5.82 Å². The Bertz CT molecular complexity index is 853. The first-order chi connectivity index (χ1) is 11.6. The summed E-state index contributed by atoms with van der Waals surface area (Å²) >= 11 is 3.35. The van der Waals surface area contributed by atoms with Gasteiger partial charge in [0.2, 0.25) is 5.91 Å². The molecule has 1 N–H and O–H groups in total. The van der Waals surface area contributed by atoms with Crippen LogP contribution in [-0.4, -0.2) is 25.7 Å². The van der Waals surface area contributed by atoms with Gasteiger partial charge in [-0.05, 0) is 27.6 Å². The summed E-state index contributed by atoms with van der Waals surface area (Å²) in [6.45, 7) is 0.271. The lowest BCUT2D eigenvalue weighted by Crippen LogP contribution is -2.15. The molecule has 0 atom stereocenters. The summed E-state index contributed by atoms with van der Waals surface area (Å²) in [6, 6.07) is 6.50. The summed E-state index contributed by atoms with van der Waals surface area (Å²) < 4.78 is 15.9. The molecular weight excluding hydrogens is 377 g/mol. The van der Waals surface area contributed by atoms with Crippen LogP contribution in [0.15, 0.2) is 53.7 Å². The van der Waals surface area contributed by atoms with Crippen LogP contribution >= 0.6 is 15.9 Å². The molecule has 0 aliphatic rings. The van der Waals surface area contributed by atoms with E-state index in [0.717, 1.165) is 0 Å². The molecule has 0 saturated carbocycles. The van der Waals surface area contributed by atoms with Crippen molar-refractivity contribution in [3.8, 4) is 0 Å². The first kappa shape index (κ1) is 16.3. The van der Waals surface area contributed by atoms with E-state index < -0.39 is 0 Å². The van der Waals surface area contributed by atoms with E-state index in [1.165, 1.54) is 12.4 Å². The van der Waals surface area contributed by atoms with Crippen LogP contribution in [0.25, 0.3) is 0 Å². The van der Waals surface area contributed by atoms with Gasteiger partial charge in [0.1, 0.15) is 12.1 Å². The molecule has 0 aliphatic heterocycles. The molecule has 6 nitrogen and oxygen atoms in total. The summed E-state index contributed by atoms with van der Waals surface area (Å²) in [5.41, 5.74) is 1.23. The second-order valence-corrected chi connectivity index (χ2v) is 5.94. The first-order valence-electron chi connectivity index (χ1n) is 7.12. The standard InChI is InChI=1S/C16H13BrFN5O/c17-13-9-23(8-12-3-1-2-4-14(12)18)22-16(13)21-15(24)5-11-6-19-10-20-7-11/h1-4,6-7,9-10H,5,8H2,(H,21,22,24). The van der Waals surface area contributed by atoms with Gasteiger partial charge in [-0.25, -0.2) is 14.4 Å². The zero-order valence-corrected chi connectivity index (χ0v) is 14.1. The van der Waals surface area contributed by atoms with Crippen molar-refractivity contribution in [2.75, 3.05) is 5.32 Å². The lowest BCUT2D eigenvalue weighted by Gasteiger charge is -2.04. The molecule has 24 heavy (non-hydrogen) atoms. The van der Waals surface area contributed by atoms with Crippen molar-refractivity contribution in [3.63, 3.8) is 0 Å². The van der Waals surface area contributed by atoms with Crippen LogP contribution in [0.2, 0.25) is 0 Å². The number of amides is 1. The number of nitrogens with one attached hydrogen (secondary N) is 1. The fourth-order valence-electron chi connectivity index (χ4n) is 2.15. The summed E-state index contributed by atoms with van der Waals surface area (Å²) in [5, 5.41) is 6.98. The highest BCUT2D eigenvalue weighted by Gasteiger charge is 2.12. The zero-order chi connectivity index (χ0) is 16.9. The van der Waals surface area contributed by atoms with E-state index in [0.29, 0.717) is 21.4 Å². The van der Waals surface area contributed by atoms with Crippen molar-refractivity contribution in [2.24, 2.45) is 0 Å². The predicted molar refractivity (Wildman–Crippen MR) is 89.8 cm³/mol. The van der Waals surface area contributed by atoms with E-state index in [1.807, 2.05) is 0 Å². The average molecular weight is 390 g/mol. The highest BCUT2D eigenvalue weighted by Crippen LogP contribution is 2.21. The maximum absolute atomic E-state index is 13.7. The molecule has 1 aromatic carbocycles. The number of carbonyl (C=O) groups excluding carboxylic acids is 1. The molecule has 122 valence electrons. The Morgan fingerprint density at radius 3 is 2.75 bits per heavy atom. The van der Waals surface area contributed by atoms with Crippen molar-refractivity contribution >= 4 is 27.7 Å². The fourth-order valence-corrected chi connectivity index (χ4v) is 2.56. The first-order valence-corrected chi connectivity index (χ1v) is 7.91. The number of rotatable bonds is 5. The van der Waals surface area contributed by atoms with Gasteiger partial charge in [0.05, 0.1) is 17.4 Å². The normalized spacial score (nSPS) is 10.6. The third-order valence-electron chi connectivity index (χ3n) is 3.24.